The Labute approximate surface area is 210 Å². The van der Waals surface area contributed by atoms with Crippen LogP contribution in [-0.2, 0) is 4.84 Å². The first kappa shape index (κ1) is 26.2. The summed E-state index contributed by atoms with van der Waals surface area (Å²) in [6.45, 7) is 17.0. The molecule has 194 valence electrons. The molecule has 0 bridgehead atoms. The van der Waals surface area contributed by atoms with Crippen LogP contribution in [0.1, 0.15) is 113 Å². The molecule has 0 radical (unpaired) electrons. The van der Waals surface area contributed by atoms with Crippen LogP contribution in [-0.4, -0.2) is 24.5 Å². The average molecular weight is 472 g/mol. The summed E-state index contributed by atoms with van der Waals surface area (Å²) in [4.78, 5) is 5.35. The van der Waals surface area contributed by atoms with E-state index >= 15 is 0 Å². The molecule has 3 heteroatoms. The van der Waals surface area contributed by atoms with E-state index in [1.165, 1.54) is 44.9 Å². The lowest BCUT2D eigenvalue weighted by molar-refractivity contribution is -0.128. The van der Waals surface area contributed by atoms with Gasteiger partial charge < -0.3 is 9.94 Å². The van der Waals surface area contributed by atoms with Crippen LogP contribution in [0.25, 0.3) is 0 Å². The fraction of sp³-hybridized carbons (Fsp3) is 0.903. The first-order valence-electron chi connectivity index (χ1n) is 14.4. The van der Waals surface area contributed by atoms with Crippen molar-refractivity contribution in [2.24, 2.45) is 56.4 Å². The van der Waals surface area contributed by atoms with Gasteiger partial charge in [0.25, 0.3) is 0 Å². The summed E-state index contributed by atoms with van der Waals surface area (Å²) in [5.41, 5.74) is 2.21. The molecular weight excluding hydrogens is 418 g/mol. The van der Waals surface area contributed by atoms with Crippen molar-refractivity contribution in [2.75, 3.05) is 7.11 Å². The predicted molar refractivity (Wildman–Crippen MR) is 143 cm³/mol. The molecule has 0 aromatic heterocycles. The maximum atomic E-state index is 10.9. The van der Waals surface area contributed by atoms with Gasteiger partial charge in [-0.1, -0.05) is 84.5 Å². The molecule has 0 saturated heterocycles. The van der Waals surface area contributed by atoms with Crippen LogP contribution in [0.3, 0.4) is 0 Å². The van der Waals surface area contributed by atoms with Gasteiger partial charge in [-0.2, -0.15) is 0 Å². The predicted octanol–water partition coefficient (Wildman–Crippen LogP) is 8.03. The maximum absolute atomic E-state index is 10.9. The molecule has 0 aliphatic heterocycles. The largest absolute Gasteiger partial charge is 0.399 e. The number of fused-ring (bicyclic) bond motifs is 5. The van der Waals surface area contributed by atoms with Gasteiger partial charge in [-0.15, -0.1) is 0 Å². The summed E-state index contributed by atoms with van der Waals surface area (Å²) in [5, 5.41) is 15.4. The second-order valence-electron chi connectivity index (χ2n) is 14.2. The summed E-state index contributed by atoms with van der Waals surface area (Å²) < 4.78 is 0. The van der Waals surface area contributed by atoms with E-state index in [9.17, 15) is 5.11 Å². The molecule has 0 spiro atoms. The highest BCUT2D eigenvalue weighted by atomic mass is 16.6. The zero-order valence-corrected chi connectivity index (χ0v) is 23.5. The molecule has 3 fully saturated rings. The third kappa shape index (κ3) is 3.82. The van der Waals surface area contributed by atoms with Crippen LogP contribution >= 0.6 is 0 Å². The molecule has 4 aliphatic rings. The van der Waals surface area contributed by atoms with E-state index in [1.54, 1.807) is 12.7 Å². The lowest BCUT2D eigenvalue weighted by Gasteiger charge is -2.64. The van der Waals surface area contributed by atoms with E-state index in [0.29, 0.717) is 11.8 Å². The normalized spacial score (nSPS) is 44.4. The van der Waals surface area contributed by atoms with Crippen molar-refractivity contribution in [1.82, 2.24) is 0 Å². The molecule has 0 aromatic rings. The minimum absolute atomic E-state index is 0.0211. The van der Waals surface area contributed by atoms with Gasteiger partial charge in [0, 0.05) is 5.41 Å². The first-order chi connectivity index (χ1) is 15.9. The Kier molecular flexibility index (Phi) is 7.13. The summed E-state index contributed by atoms with van der Waals surface area (Å²) in [7, 11) is 1.70. The Balaban J connectivity index is 1.70. The number of aliphatic hydroxyl groups is 1. The van der Waals surface area contributed by atoms with E-state index in [1.807, 2.05) is 0 Å². The summed E-state index contributed by atoms with van der Waals surface area (Å²) in [6.07, 6.45) is 17.0. The Bertz CT molecular complexity index is 799. The van der Waals surface area contributed by atoms with Crippen LogP contribution < -0.4 is 0 Å². The van der Waals surface area contributed by atoms with Crippen LogP contribution in [0.2, 0.25) is 0 Å². The van der Waals surface area contributed by atoms with Crippen LogP contribution in [0.4, 0.5) is 0 Å². The minimum atomic E-state index is -0.180. The Morgan fingerprint density at radius 3 is 2.47 bits per heavy atom. The first-order valence-corrected chi connectivity index (χ1v) is 14.4. The molecule has 1 N–H and O–H groups in total. The molecule has 0 aromatic carbocycles. The second kappa shape index (κ2) is 9.24. The summed E-state index contributed by atoms with van der Waals surface area (Å²) in [5.74, 6) is 3.46. The topological polar surface area (TPSA) is 41.8 Å². The average Bonchev–Trinajstić information content (AvgIpc) is 3.08. The van der Waals surface area contributed by atoms with Gasteiger partial charge in [-0.3, -0.25) is 0 Å². The third-order valence-corrected chi connectivity index (χ3v) is 11.9. The molecule has 1 unspecified atom stereocenters. The SMILES string of the molecule is CO/N=C/[C@@]12CC[C@H]([C@H](C)CCCC(C)C)[C@@]1(C)CC[C@H]1C2=CCC2C(C)(C)[C@@H](O)CC[C@@]21C. The molecule has 3 saturated carbocycles. The molecule has 0 heterocycles. The van der Waals surface area contributed by atoms with E-state index in [4.69, 9.17) is 4.84 Å². The van der Waals surface area contributed by atoms with E-state index in [-0.39, 0.29) is 27.8 Å². The van der Waals surface area contributed by atoms with Crippen LogP contribution in [0, 0.1) is 51.2 Å². The van der Waals surface area contributed by atoms with Gasteiger partial charge in [0.2, 0.25) is 0 Å². The number of hydrogen-bond acceptors (Lipinski definition) is 3. The van der Waals surface area contributed by atoms with Gasteiger partial charge >= 0.3 is 0 Å². The molecular formula is C31H53NO2. The number of oxime groups is 1. The van der Waals surface area contributed by atoms with Crippen molar-refractivity contribution in [3.8, 4) is 0 Å². The monoisotopic (exact) mass is 471 g/mol. The van der Waals surface area contributed by atoms with Gasteiger partial charge in [0.1, 0.15) is 7.11 Å². The fourth-order valence-electron chi connectivity index (χ4n) is 9.82. The van der Waals surface area contributed by atoms with Crippen LogP contribution in [0.15, 0.2) is 16.8 Å². The fourth-order valence-corrected chi connectivity index (χ4v) is 9.82. The van der Waals surface area contributed by atoms with Crippen molar-refractivity contribution in [1.29, 1.82) is 0 Å². The van der Waals surface area contributed by atoms with Gasteiger partial charge in [-0.05, 0) is 90.8 Å². The van der Waals surface area contributed by atoms with E-state index in [2.05, 4.69) is 65.9 Å². The Morgan fingerprint density at radius 1 is 1.06 bits per heavy atom. The molecule has 0 amide bonds. The standard InChI is InChI=1S/C31H53NO2/c1-21(2)10-9-11-22(3)23-15-19-31(20-32-34-8)25-12-13-26-28(4,5)27(33)16-17-29(26,6)24(25)14-18-30(23,31)7/h12,20-24,26-27,33H,9-11,13-19H2,1-8H3/b32-20+/t22-,23-,24+,26?,27+,29-,30-,31-/m1/s1. The molecule has 8 atom stereocenters. The second-order valence-corrected chi connectivity index (χ2v) is 14.2. The van der Waals surface area contributed by atoms with Crippen molar-refractivity contribution in [2.45, 2.75) is 119 Å². The third-order valence-electron chi connectivity index (χ3n) is 11.9. The molecule has 3 nitrogen and oxygen atoms in total. The smallest absolute Gasteiger partial charge is 0.106 e. The quantitative estimate of drug-likeness (QED) is 0.232. The number of hydrogen-bond donors (Lipinski definition) is 1. The van der Waals surface area contributed by atoms with Crippen molar-refractivity contribution < 1.29 is 9.94 Å². The number of aliphatic hydroxyl groups excluding tert-OH is 1. The van der Waals surface area contributed by atoms with Crippen molar-refractivity contribution in [3.63, 3.8) is 0 Å². The Hall–Kier alpha value is -0.830. The summed E-state index contributed by atoms with van der Waals surface area (Å²) in [6, 6.07) is 0. The Morgan fingerprint density at radius 2 is 1.79 bits per heavy atom. The number of nitrogens with zero attached hydrogens (tertiary/aromatic N) is 1. The van der Waals surface area contributed by atoms with Crippen molar-refractivity contribution >= 4 is 6.21 Å². The zero-order valence-electron chi connectivity index (χ0n) is 23.5. The zero-order chi connectivity index (χ0) is 24.9. The van der Waals surface area contributed by atoms with Crippen LogP contribution in [0.5, 0.6) is 0 Å². The molecule has 34 heavy (non-hydrogen) atoms. The molecule has 4 aliphatic carbocycles. The van der Waals surface area contributed by atoms with Crippen molar-refractivity contribution in [3.05, 3.63) is 11.6 Å². The maximum Gasteiger partial charge on any atom is 0.106 e. The van der Waals surface area contributed by atoms with E-state index in [0.717, 1.165) is 37.0 Å². The highest BCUT2D eigenvalue weighted by molar-refractivity contribution is 5.74. The number of allylic oxidation sites excluding steroid dienone is 2. The highest BCUT2D eigenvalue weighted by Crippen LogP contribution is 2.73. The number of rotatable bonds is 7. The van der Waals surface area contributed by atoms with Gasteiger partial charge in [0.05, 0.1) is 12.3 Å². The highest BCUT2D eigenvalue weighted by Gasteiger charge is 2.66. The minimum Gasteiger partial charge on any atom is -0.399 e. The van der Waals surface area contributed by atoms with Gasteiger partial charge in [0.15, 0.2) is 0 Å². The summed E-state index contributed by atoms with van der Waals surface area (Å²) >= 11 is 0. The lowest BCUT2D eigenvalue weighted by Crippen LogP contribution is -2.59. The molecule has 4 rings (SSSR count). The van der Waals surface area contributed by atoms with Gasteiger partial charge in [-0.25, -0.2) is 0 Å². The van der Waals surface area contributed by atoms with E-state index < -0.39 is 0 Å². The lowest BCUT2D eigenvalue weighted by atomic mass is 9.40.